The number of hydrogen-bond donors (Lipinski definition) is 3. The normalized spacial score (nSPS) is 18.5. The number of aryl methyl sites for hydroxylation is 1. The Morgan fingerprint density at radius 3 is 2.37 bits per heavy atom. The maximum Gasteiger partial charge on any atom is 0.407 e. The quantitative estimate of drug-likeness (QED) is 0.500. The number of benzene rings is 2. The summed E-state index contributed by atoms with van der Waals surface area (Å²) in [5.74, 6) is -1.94. The van der Waals surface area contributed by atoms with Gasteiger partial charge >= 0.3 is 12.1 Å². The molecule has 1 saturated carbocycles. The molecule has 2 aromatic carbocycles. The van der Waals surface area contributed by atoms with E-state index < -0.39 is 24.0 Å². The molecule has 1 fully saturated rings. The number of carboxylic acid groups (broad SMARTS) is 1. The molecule has 0 radical (unpaired) electrons. The standard InChI is InChI=1S/C26H26N4O5/c1-30-23(20(13-27-30)25(32)33)29-24(31)19-11-6-12-22(19)28-26(34)35-14-21-17-9-4-2-7-15(17)16-8-3-5-10-18(16)21/h2-5,7-10,13,19,21-22H,6,11-12,14H2,1H3,(H,28,34)(H,29,31)(H,32,33)/t19-,22+/m0/s1. The molecule has 2 amide bonds. The zero-order valence-electron chi connectivity index (χ0n) is 19.2. The van der Waals surface area contributed by atoms with E-state index in [0.717, 1.165) is 28.7 Å². The zero-order valence-corrected chi connectivity index (χ0v) is 19.2. The first kappa shape index (κ1) is 22.6. The van der Waals surface area contributed by atoms with Gasteiger partial charge in [0.2, 0.25) is 5.91 Å². The van der Waals surface area contributed by atoms with Crippen molar-refractivity contribution in [2.24, 2.45) is 13.0 Å². The second-order valence-electron chi connectivity index (χ2n) is 8.94. The number of alkyl carbamates (subject to hydrolysis) is 1. The van der Waals surface area contributed by atoms with Gasteiger partial charge in [-0.05, 0) is 35.1 Å². The van der Waals surface area contributed by atoms with Crippen LogP contribution < -0.4 is 10.6 Å². The van der Waals surface area contributed by atoms with Gasteiger partial charge in [-0.1, -0.05) is 55.0 Å². The largest absolute Gasteiger partial charge is 0.477 e. The fourth-order valence-electron chi connectivity index (χ4n) is 5.19. The molecule has 0 bridgehead atoms. The molecule has 2 aliphatic rings. The second kappa shape index (κ2) is 9.25. The third kappa shape index (κ3) is 4.25. The lowest BCUT2D eigenvalue weighted by molar-refractivity contribution is -0.120. The molecule has 5 rings (SSSR count). The van der Waals surface area contributed by atoms with Crippen molar-refractivity contribution in [3.05, 3.63) is 71.4 Å². The summed E-state index contributed by atoms with van der Waals surface area (Å²) in [5.41, 5.74) is 4.48. The number of aromatic carboxylic acids is 1. The van der Waals surface area contributed by atoms with Gasteiger partial charge in [0.15, 0.2) is 0 Å². The number of aromatic nitrogens is 2. The van der Waals surface area contributed by atoms with E-state index in [0.29, 0.717) is 12.8 Å². The number of carboxylic acids is 1. The van der Waals surface area contributed by atoms with Crippen LogP contribution in [0.15, 0.2) is 54.7 Å². The van der Waals surface area contributed by atoms with E-state index >= 15 is 0 Å². The Kier molecular flexibility index (Phi) is 5.98. The number of ether oxygens (including phenoxy) is 1. The van der Waals surface area contributed by atoms with Crippen LogP contribution in [-0.2, 0) is 16.6 Å². The van der Waals surface area contributed by atoms with Crippen LogP contribution in [0, 0.1) is 5.92 Å². The molecular weight excluding hydrogens is 448 g/mol. The van der Waals surface area contributed by atoms with E-state index in [9.17, 15) is 19.5 Å². The van der Waals surface area contributed by atoms with Crippen LogP contribution in [0.25, 0.3) is 11.1 Å². The minimum absolute atomic E-state index is 0.0462. The number of carbonyl (C=O) groups excluding carboxylic acids is 2. The number of hydrogen-bond acceptors (Lipinski definition) is 5. The lowest BCUT2D eigenvalue weighted by Crippen LogP contribution is -2.42. The highest BCUT2D eigenvalue weighted by Crippen LogP contribution is 2.44. The fourth-order valence-corrected chi connectivity index (χ4v) is 5.19. The Hall–Kier alpha value is -4.14. The molecule has 3 aromatic rings. The molecule has 180 valence electrons. The van der Waals surface area contributed by atoms with Gasteiger partial charge in [-0.25, -0.2) is 9.59 Å². The summed E-state index contributed by atoms with van der Waals surface area (Å²) in [4.78, 5) is 37.0. The van der Waals surface area contributed by atoms with Crippen LogP contribution in [0.1, 0.15) is 46.7 Å². The minimum Gasteiger partial charge on any atom is -0.477 e. The lowest BCUT2D eigenvalue weighted by Gasteiger charge is -2.21. The molecule has 35 heavy (non-hydrogen) atoms. The SMILES string of the molecule is Cn1ncc(C(=O)O)c1NC(=O)[C@H]1CCC[C@H]1NC(=O)OCC1c2ccccc2-c2ccccc21. The van der Waals surface area contributed by atoms with Crippen LogP contribution in [-0.4, -0.2) is 45.5 Å². The van der Waals surface area contributed by atoms with Crippen LogP contribution in [0.2, 0.25) is 0 Å². The van der Waals surface area contributed by atoms with E-state index in [2.05, 4.69) is 40.0 Å². The van der Waals surface area contributed by atoms with Crippen molar-refractivity contribution < 1.29 is 24.2 Å². The summed E-state index contributed by atoms with van der Waals surface area (Å²) in [6.45, 7) is 0.195. The Bertz CT molecular complexity index is 1250. The highest BCUT2D eigenvalue weighted by atomic mass is 16.5. The smallest absolute Gasteiger partial charge is 0.407 e. The number of rotatable bonds is 6. The van der Waals surface area contributed by atoms with E-state index in [1.54, 1.807) is 7.05 Å². The molecule has 0 saturated heterocycles. The Balaban J connectivity index is 1.22. The van der Waals surface area contributed by atoms with Crippen molar-refractivity contribution in [1.82, 2.24) is 15.1 Å². The van der Waals surface area contributed by atoms with Gasteiger partial charge in [0, 0.05) is 19.0 Å². The van der Waals surface area contributed by atoms with Gasteiger partial charge in [0.05, 0.1) is 12.1 Å². The van der Waals surface area contributed by atoms with E-state index in [1.807, 2.05) is 24.3 Å². The maximum absolute atomic E-state index is 12.9. The van der Waals surface area contributed by atoms with Gasteiger partial charge in [0.1, 0.15) is 18.0 Å². The minimum atomic E-state index is -1.17. The average Bonchev–Trinajstić information content (AvgIpc) is 3.54. The van der Waals surface area contributed by atoms with Gasteiger partial charge in [-0.15, -0.1) is 0 Å². The number of nitrogens with zero attached hydrogens (tertiary/aromatic N) is 2. The molecule has 2 atom stereocenters. The molecule has 1 aromatic heterocycles. The highest BCUT2D eigenvalue weighted by molar-refractivity contribution is 6.00. The van der Waals surface area contributed by atoms with Crippen LogP contribution in [0.4, 0.5) is 10.6 Å². The van der Waals surface area contributed by atoms with Gasteiger partial charge in [-0.3, -0.25) is 9.48 Å². The third-order valence-corrected chi connectivity index (χ3v) is 6.91. The number of amides is 2. The predicted octanol–water partition coefficient (Wildman–Crippen LogP) is 3.76. The van der Waals surface area contributed by atoms with Crippen molar-refractivity contribution in [2.75, 3.05) is 11.9 Å². The summed E-state index contributed by atoms with van der Waals surface area (Å²) in [6.07, 6.45) is 2.62. The van der Waals surface area contributed by atoms with Crippen molar-refractivity contribution in [2.45, 2.75) is 31.2 Å². The van der Waals surface area contributed by atoms with E-state index in [1.165, 1.54) is 10.9 Å². The summed E-state index contributed by atoms with van der Waals surface area (Å²) in [7, 11) is 1.56. The number of anilines is 1. The number of nitrogens with one attached hydrogen (secondary N) is 2. The topological polar surface area (TPSA) is 123 Å². The molecule has 9 nitrogen and oxygen atoms in total. The van der Waals surface area contributed by atoms with E-state index in [-0.39, 0.29) is 29.8 Å². The Morgan fingerprint density at radius 1 is 1.06 bits per heavy atom. The molecule has 0 unspecified atom stereocenters. The first-order chi connectivity index (χ1) is 16.9. The summed E-state index contributed by atoms with van der Waals surface area (Å²) < 4.78 is 6.94. The highest BCUT2D eigenvalue weighted by Gasteiger charge is 2.36. The molecule has 1 heterocycles. The first-order valence-electron chi connectivity index (χ1n) is 11.6. The molecule has 9 heteroatoms. The van der Waals surface area contributed by atoms with Crippen molar-refractivity contribution in [3.8, 4) is 11.1 Å². The summed E-state index contributed by atoms with van der Waals surface area (Å²) in [5, 5.41) is 18.8. The van der Waals surface area contributed by atoms with Crippen LogP contribution >= 0.6 is 0 Å². The summed E-state index contributed by atoms with van der Waals surface area (Å²) in [6, 6.07) is 15.8. The first-order valence-corrected chi connectivity index (χ1v) is 11.6. The average molecular weight is 475 g/mol. The van der Waals surface area contributed by atoms with Crippen LogP contribution in [0.5, 0.6) is 0 Å². The Labute approximate surface area is 202 Å². The van der Waals surface area contributed by atoms with Crippen molar-refractivity contribution in [3.63, 3.8) is 0 Å². The summed E-state index contributed by atoms with van der Waals surface area (Å²) >= 11 is 0. The molecule has 2 aliphatic carbocycles. The monoisotopic (exact) mass is 474 g/mol. The fraction of sp³-hybridized carbons (Fsp3) is 0.308. The molecule has 0 aliphatic heterocycles. The van der Waals surface area contributed by atoms with Gasteiger partial charge < -0.3 is 20.5 Å². The number of carbonyl (C=O) groups is 3. The van der Waals surface area contributed by atoms with Gasteiger partial charge in [-0.2, -0.15) is 5.10 Å². The zero-order chi connectivity index (χ0) is 24.5. The maximum atomic E-state index is 12.9. The van der Waals surface area contributed by atoms with Crippen LogP contribution in [0.3, 0.4) is 0 Å². The Morgan fingerprint density at radius 2 is 1.71 bits per heavy atom. The van der Waals surface area contributed by atoms with E-state index in [4.69, 9.17) is 4.74 Å². The van der Waals surface area contributed by atoms with Gasteiger partial charge in [0.25, 0.3) is 0 Å². The third-order valence-electron chi connectivity index (χ3n) is 6.91. The lowest BCUT2D eigenvalue weighted by atomic mass is 9.98. The second-order valence-corrected chi connectivity index (χ2v) is 8.94. The molecule has 3 N–H and O–H groups in total. The van der Waals surface area contributed by atoms with Crippen molar-refractivity contribution >= 4 is 23.8 Å². The number of fused-ring (bicyclic) bond motifs is 3. The van der Waals surface area contributed by atoms with Crippen molar-refractivity contribution in [1.29, 1.82) is 0 Å². The molecule has 0 spiro atoms. The molecular formula is C26H26N4O5. The predicted molar refractivity (Wildman–Crippen MR) is 128 cm³/mol.